The van der Waals surface area contributed by atoms with Crippen LogP contribution < -0.4 is 0 Å². The van der Waals surface area contributed by atoms with Crippen LogP contribution in [0, 0.1) is 11.8 Å². The van der Waals surface area contributed by atoms with Gasteiger partial charge in [0.05, 0.1) is 1.37 Å². The van der Waals surface area contributed by atoms with Crippen LogP contribution in [0.1, 0.15) is 58.8 Å². The first-order valence-corrected chi connectivity index (χ1v) is 4.24. The fourth-order valence-corrected chi connectivity index (χ4v) is 1.43. The summed E-state index contributed by atoms with van der Waals surface area (Å²) >= 11 is 0. The third-order valence-electron chi connectivity index (χ3n) is 2.10. The molecule has 0 radical (unpaired) electrons. The molecule has 3 aliphatic rings. The van der Waals surface area contributed by atoms with Gasteiger partial charge in [-0.05, 0) is 49.2 Å². The van der Waals surface area contributed by atoms with Gasteiger partial charge < -0.3 is 0 Å². The molecule has 0 bridgehead atoms. The van der Waals surface area contributed by atoms with E-state index in [-0.39, 0.29) is 0 Å². The number of hydrogen-bond acceptors (Lipinski definition) is 0. The van der Waals surface area contributed by atoms with Crippen molar-refractivity contribution in [1.29, 1.82) is 0 Å². The van der Waals surface area contributed by atoms with Gasteiger partial charge in [0.25, 0.3) is 0 Å². The van der Waals surface area contributed by atoms with Crippen molar-refractivity contribution in [2.45, 2.75) is 38.2 Å². The minimum atomic E-state index is -3.71. The molecule has 0 saturated heterocycles. The van der Waals surface area contributed by atoms with Crippen LogP contribution >= 0.6 is 0 Å². The van der Waals surface area contributed by atoms with E-state index in [9.17, 15) is 0 Å². The van der Waals surface area contributed by atoms with E-state index in [1.54, 1.807) is 0 Å². The molecule has 0 heteroatoms. The lowest BCUT2D eigenvalue weighted by Gasteiger charge is -2.35. The van der Waals surface area contributed by atoms with Crippen LogP contribution in [0.4, 0.5) is 0 Å². The molecule has 0 heterocycles. The molecule has 0 aromatic heterocycles. The quantitative estimate of drug-likeness (QED) is 0.555. The summed E-state index contributed by atoms with van der Waals surface area (Å²) in [4.78, 5) is 0. The van der Waals surface area contributed by atoms with Gasteiger partial charge in [0.1, 0.15) is 0 Å². The van der Waals surface area contributed by atoms with E-state index < -0.39 is 67.2 Å². The zero-order chi connectivity index (χ0) is 22.9. The summed E-state index contributed by atoms with van der Waals surface area (Å²) in [6.45, 7) is 0. The molecule has 2 atom stereocenters. The lowest BCUT2D eigenvalue weighted by molar-refractivity contribution is 0.363. The first-order chi connectivity index (χ1) is 12.6. The summed E-state index contributed by atoms with van der Waals surface area (Å²) in [5, 5.41) is 0. The topological polar surface area (TPSA) is 0 Å². The Morgan fingerprint density at radius 1 is 1.43 bits per heavy atom. The smallest absolute Gasteiger partial charge is 0.0576 e. The maximum atomic E-state index is 8.70. The number of fused-ring (bicyclic) bond motifs is 2. The number of allylic oxidation sites excluding steroid dienone is 6. The Morgan fingerprint density at radius 2 is 2.43 bits per heavy atom. The largest absolute Gasteiger partial charge is 0.0839 e. The highest BCUT2D eigenvalue weighted by molar-refractivity contribution is 5.37. The molecular formula is C14H18. The SMILES string of the molecule is [2H]C1=CC=C2C=C3C([2H])([2H])C([2H])([2H])C([2H])([2H])C([2H])([2H])C3([2H])C([2H])([2H])C2([2H])C1([2H])[2H]. The second-order valence-electron chi connectivity index (χ2n) is 2.99. The highest BCUT2D eigenvalue weighted by Gasteiger charge is 2.28. The van der Waals surface area contributed by atoms with E-state index in [1.807, 2.05) is 0 Å². The Morgan fingerprint density at radius 3 is 3.43 bits per heavy atom. The second kappa shape index (κ2) is 3.42. The van der Waals surface area contributed by atoms with Crippen molar-refractivity contribution < 1.29 is 20.6 Å². The van der Waals surface area contributed by atoms with Crippen LogP contribution in [0.15, 0.2) is 35.4 Å². The summed E-state index contributed by atoms with van der Waals surface area (Å²) in [5.74, 6) is -6.59. The van der Waals surface area contributed by atoms with E-state index in [4.69, 9.17) is 20.6 Å². The van der Waals surface area contributed by atoms with Gasteiger partial charge in [-0.25, -0.2) is 0 Å². The summed E-state index contributed by atoms with van der Waals surface area (Å²) in [5.41, 5.74) is -1.54. The molecule has 1 saturated carbocycles. The highest BCUT2D eigenvalue weighted by atomic mass is 14.3. The van der Waals surface area contributed by atoms with Gasteiger partial charge in [0, 0.05) is 19.2 Å². The maximum absolute atomic E-state index is 8.70. The average Bonchev–Trinajstić information content (AvgIpc) is 2.55. The van der Waals surface area contributed by atoms with Crippen molar-refractivity contribution >= 4 is 0 Å². The predicted octanol–water partition coefficient (Wildman–Crippen LogP) is 4.01. The third-order valence-corrected chi connectivity index (χ3v) is 2.10. The first-order valence-electron chi connectivity index (χ1n) is 11.7. The molecule has 14 heavy (non-hydrogen) atoms. The van der Waals surface area contributed by atoms with E-state index >= 15 is 0 Å². The summed E-state index contributed by atoms with van der Waals surface area (Å²) in [6.07, 6.45) is -18.3. The van der Waals surface area contributed by atoms with Gasteiger partial charge in [0.2, 0.25) is 0 Å². The van der Waals surface area contributed by atoms with Crippen molar-refractivity contribution in [3.8, 4) is 0 Å². The minimum absolute atomic E-state index is 0.487. The Labute approximate surface area is 107 Å². The number of rotatable bonds is 0. The van der Waals surface area contributed by atoms with Crippen molar-refractivity contribution in [1.82, 2.24) is 0 Å². The van der Waals surface area contributed by atoms with Crippen molar-refractivity contribution in [2.24, 2.45) is 11.8 Å². The Hall–Kier alpha value is -0.780. The molecule has 0 N–H and O–H groups in total. The molecule has 0 nitrogen and oxygen atoms in total. The highest BCUT2D eigenvalue weighted by Crippen LogP contribution is 2.42. The normalized spacial score (nSPS) is 84.0. The van der Waals surface area contributed by atoms with Crippen LogP contribution in [-0.4, -0.2) is 0 Å². The molecule has 74 valence electrons. The van der Waals surface area contributed by atoms with E-state index in [0.29, 0.717) is 6.08 Å². The minimum Gasteiger partial charge on any atom is -0.0839 e. The predicted molar refractivity (Wildman–Crippen MR) is 60.0 cm³/mol. The van der Waals surface area contributed by atoms with Gasteiger partial charge >= 0.3 is 0 Å². The molecule has 1 fully saturated rings. The number of hydrogen-bond donors (Lipinski definition) is 0. The van der Waals surface area contributed by atoms with Crippen LogP contribution in [-0.2, 0) is 0 Å². The van der Waals surface area contributed by atoms with Crippen molar-refractivity contribution in [3.05, 3.63) is 35.4 Å². The molecule has 0 aliphatic heterocycles. The lowest BCUT2D eigenvalue weighted by Crippen LogP contribution is -2.21. The molecule has 0 aromatic carbocycles. The van der Waals surface area contributed by atoms with Gasteiger partial charge in [-0.3, -0.25) is 0 Å². The van der Waals surface area contributed by atoms with Crippen molar-refractivity contribution in [2.75, 3.05) is 0 Å². The molecule has 0 amide bonds. The zero-order valence-electron chi connectivity index (χ0n) is 22.2. The van der Waals surface area contributed by atoms with Gasteiger partial charge in [-0.2, -0.15) is 0 Å². The summed E-state index contributed by atoms with van der Waals surface area (Å²) in [6, 6.07) is -0.807. The third kappa shape index (κ3) is 1.37. The van der Waals surface area contributed by atoms with Gasteiger partial charge in [-0.1, -0.05) is 36.2 Å². The van der Waals surface area contributed by atoms with E-state index in [0.717, 1.165) is 12.2 Å². The fraction of sp³-hybridized carbons (Fsp3) is 0.571. The fourth-order valence-electron chi connectivity index (χ4n) is 1.43. The zero-order valence-corrected chi connectivity index (χ0v) is 7.23. The standard InChI is InChI=1S/C14H18/c1-2-6-12-10-14-8-4-3-7-13(14)9-11(12)5-1/h1-2,5,9,12,14H,3-4,6-8,10H2/i2D,3D2,4D2,6D2,7D2,8D2,10D2,12D,14D. The summed E-state index contributed by atoms with van der Waals surface area (Å²) < 4.78 is 123. The van der Waals surface area contributed by atoms with Crippen LogP contribution in [0.3, 0.4) is 0 Å². The summed E-state index contributed by atoms with van der Waals surface area (Å²) in [7, 11) is 0. The van der Waals surface area contributed by atoms with E-state index in [2.05, 4.69) is 0 Å². The molecule has 3 rings (SSSR count). The average molecular weight is 201 g/mol. The monoisotopic (exact) mass is 201 g/mol. The molecule has 2 unspecified atom stereocenters. The molecule has 0 spiro atoms. The van der Waals surface area contributed by atoms with Gasteiger partial charge in [-0.15, -0.1) is 0 Å². The van der Waals surface area contributed by atoms with E-state index in [1.165, 1.54) is 0 Å². The second-order valence-corrected chi connectivity index (χ2v) is 2.99. The maximum Gasteiger partial charge on any atom is 0.0576 e. The van der Waals surface area contributed by atoms with Crippen LogP contribution in [0.5, 0.6) is 0 Å². The molecular weight excluding hydrogens is 168 g/mol. The van der Waals surface area contributed by atoms with Crippen LogP contribution in [0.2, 0.25) is 0 Å². The Kier molecular flexibility index (Phi) is 0.528. The Bertz CT molecular complexity index is 875. The van der Waals surface area contributed by atoms with Crippen molar-refractivity contribution in [3.63, 3.8) is 0 Å². The lowest BCUT2D eigenvalue weighted by atomic mass is 9.70. The van der Waals surface area contributed by atoms with Crippen LogP contribution in [0.25, 0.3) is 0 Å². The Balaban J connectivity index is 2.54. The van der Waals surface area contributed by atoms with Gasteiger partial charge in [0.15, 0.2) is 0 Å². The first kappa shape index (κ1) is 2.16. The molecule has 0 aromatic rings. The molecule has 3 aliphatic carbocycles.